The van der Waals surface area contributed by atoms with E-state index >= 15 is 0 Å². The number of carbonyl (C=O) groups is 1. The zero-order valence-corrected chi connectivity index (χ0v) is 16.0. The van der Waals surface area contributed by atoms with Crippen LogP contribution in [0.25, 0.3) is 10.9 Å². The lowest BCUT2D eigenvalue weighted by Gasteiger charge is -2.33. The zero-order chi connectivity index (χ0) is 18.8. The molecule has 4 rings (SSSR count). The Morgan fingerprint density at radius 2 is 1.85 bits per heavy atom. The number of amides is 1. The predicted octanol–water partition coefficient (Wildman–Crippen LogP) is 4.36. The molecule has 1 fully saturated rings. The number of morpholine rings is 1. The molecule has 0 radical (unpaired) electrons. The van der Waals surface area contributed by atoms with E-state index in [4.69, 9.17) is 4.74 Å². The average Bonchev–Trinajstić information content (AvgIpc) is 3.08. The Balaban J connectivity index is 1.53. The Morgan fingerprint density at radius 1 is 1.11 bits per heavy atom. The van der Waals surface area contributed by atoms with Crippen LogP contribution in [0.4, 0.5) is 0 Å². The Kier molecular flexibility index (Phi) is 4.99. The second-order valence-corrected chi connectivity index (χ2v) is 7.46. The number of aromatic nitrogens is 1. The summed E-state index contributed by atoms with van der Waals surface area (Å²) in [6.45, 7) is 6.20. The van der Waals surface area contributed by atoms with Gasteiger partial charge in [-0.05, 0) is 31.0 Å². The van der Waals surface area contributed by atoms with Crippen LogP contribution in [0, 0.1) is 0 Å². The third kappa shape index (κ3) is 3.62. The SMILES string of the molecule is CC(C)n1cc(CC(=O)N2CCOC(c3ccccc3)C2)c2ccccc21. The van der Waals surface area contributed by atoms with E-state index in [0.29, 0.717) is 32.2 Å². The number of rotatable bonds is 4. The van der Waals surface area contributed by atoms with Crippen molar-refractivity contribution in [3.8, 4) is 0 Å². The van der Waals surface area contributed by atoms with E-state index in [1.54, 1.807) is 0 Å². The van der Waals surface area contributed by atoms with Crippen molar-refractivity contribution in [2.24, 2.45) is 0 Å². The summed E-state index contributed by atoms with van der Waals surface area (Å²) in [4.78, 5) is 15.0. The maximum Gasteiger partial charge on any atom is 0.227 e. The summed E-state index contributed by atoms with van der Waals surface area (Å²) in [5, 5.41) is 1.17. The van der Waals surface area contributed by atoms with Crippen molar-refractivity contribution < 1.29 is 9.53 Å². The fourth-order valence-electron chi connectivity index (χ4n) is 3.87. The molecular formula is C23H26N2O2. The smallest absolute Gasteiger partial charge is 0.227 e. The first kappa shape index (κ1) is 17.8. The topological polar surface area (TPSA) is 34.5 Å². The van der Waals surface area contributed by atoms with Gasteiger partial charge in [-0.3, -0.25) is 4.79 Å². The van der Waals surface area contributed by atoms with Crippen LogP contribution in [0.3, 0.4) is 0 Å². The molecule has 0 spiro atoms. The van der Waals surface area contributed by atoms with Crippen molar-refractivity contribution >= 4 is 16.8 Å². The predicted molar refractivity (Wildman–Crippen MR) is 108 cm³/mol. The van der Waals surface area contributed by atoms with Crippen LogP contribution in [-0.2, 0) is 16.0 Å². The first-order valence-corrected chi connectivity index (χ1v) is 9.66. The largest absolute Gasteiger partial charge is 0.370 e. The van der Waals surface area contributed by atoms with E-state index in [9.17, 15) is 4.79 Å². The molecule has 2 aromatic carbocycles. The molecule has 4 heteroatoms. The van der Waals surface area contributed by atoms with Gasteiger partial charge in [0.05, 0.1) is 19.6 Å². The summed E-state index contributed by atoms with van der Waals surface area (Å²) in [7, 11) is 0. The van der Waals surface area contributed by atoms with Crippen LogP contribution >= 0.6 is 0 Å². The van der Waals surface area contributed by atoms with Gasteiger partial charge in [0.15, 0.2) is 0 Å². The molecule has 0 saturated carbocycles. The van der Waals surface area contributed by atoms with E-state index in [1.807, 2.05) is 29.2 Å². The van der Waals surface area contributed by atoms with E-state index in [-0.39, 0.29) is 12.0 Å². The number of fused-ring (bicyclic) bond motifs is 1. The summed E-state index contributed by atoms with van der Waals surface area (Å²) < 4.78 is 8.16. The van der Waals surface area contributed by atoms with Crippen molar-refractivity contribution in [3.05, 3.63) is 71.9 Å². The minimum Gasteiger partial charge on any atom is -0.370 e. The van der Waals surface area contributed by atoms with Gasteiger partial charge >= 0.3 is 0 Å². The highest BCUT2D eigenvalue weighted by atomic mass is 16.5. The summed E-state index contributed by atoms with van der Waals surface area (Å²) in [5.41, 5.74) is 3.43. The van der Waals surface area contributed by atoms with Gasteiger partial charge in [0, 0.05) is 29.7 Å². The number of benzene rings is 2. The lowest BCUT2D eigenvalue weighted by Crippen LogP contribution is -2.42. The lowest BCUT2D eigenvalue weighted by atomic mass is 10.1. The van der Waals surface area contributed by atoms with Crippen molar-refractivity contribution in [1.82, 2.24) is 9.47 Å². The summed E-state index contributed by atoms with van der Waals surface area (Å²) >= 11 is 0. The first-order valence-electron chi connectivity index (χ1n) is 9.66. The molecule has 1 unspecified atom stereocenters. The van der Waals surface area contributed by atoms with Crippen LogP contribution in [-0.4, -0.2) is 35.1 Å². The number of hydrogen-bond donors (Lipinski definition) is 0. The van der Waals surface area contributed by atoms with Gasteiger partial charge in [0.25, 0.3) is 0 Å². The summed E-state index contributed by atoms with van der Waals surface area (Å²) in [6, 6.07) is 18.9. The summed E-state index contributed by atoms with van der Waals surface area (Å²) in [5.74, 6) is 0.172. The third-order valence-electron chi connectivity index (χ3n) is 5.31. The standard InChI is InChI=1S/C23H26N2O2/c1-17(2)25-15-19(20-10-6-7-11-21(20)25)14-23(26)24-12-13-27-22(16-24)18-8-4-3-5-9-18/h3-11,15,17,22H,12-14,16H2,1-2H3. The highest BCUT2D eigenvalue weighted by Gasteiger charge is 2.26. The molecule has 27 heavy (non-hydrogen) atoms. The molecule has 1 aliphatic heterocycles. The number of ether oxygens (including phenoxy) is 1. The van der Waals surface area contributed by atoms with Gasteiger partial charge in [-0.25, -0.2) is 0 Å². The number of hydrogen-bond acceptors (Lipinski definition) is 2. The van der Waals surface area contributed by atoms with E-state index in [1.165, 1.54) is 10.9 Å². The molecule has 0 N–H and O–H groups in total. The van der Waals surface area contributed by atoms with Gasteiger partial charge in [0.2, 0.25) is 5.91 Å². The van der Waals surface area contributed by atoms with Gasteiger partial charge in [-0.1, -0.05) is 48.5 Å². The molecular weight excluding hydrogens is 336 g/mol. The molecule has 1 amide bonds. The quantitative estimate of drug-likeness (QED) is 0.691. The molecule has 1 saturated heterocycles. The van der Waals surface area contributed by atoms with Crippen molar-refractivity contribution in [1.29, 1.82) is 0 Å². The van der Waals surface area contributed by atoms with Gasteiger partial charge in [-0.15, -0.1) is 0 Å². The van der Waals surface area contributed by atoms with Gasteiger partial charge in [0.1, 0.15) is 6.10 Å². The second kappa shape index (κ2) is 7.57. The Morgan fingerprint density at radius 3 is 2.63 bits per heavy atom. The fraction of sp³-hybridized carbons (Fsp3) is 0.348. The monoisotopic (exact) mass is 362 g/mol. The third-order valence-corrected chi connectivity index (χ3v) is 5.31. The number of nitrogens with zero attached hydrogens (tertiary/aromatic N) is 2. The Labute approximate surface area is 160 Å². The van der Waals surface area contributed by atoms with Crippen LogP contribution in [0.15, 0.2) is 60.8 Å². The molecule has 2 heterocycles. The highest BCUT2D eigenvalue weighted by molar-refractivity contribution is 5.89. The van der Waals surface area contributed by atoms with Crippen LogP contribution in [0.5, 0.6) is 0 Å². The second-order valence-electron chi connectivity index (χ2n) is 7.46. The van der Waals surface area contributed by atoms with Crippen molar-refractivity contribution in [2.75, 3.05) is 19.7 Å². The van der Waals surface area contributed by atoms with Gasteiger partial charge in [-0.2, -0.15) is 0 Å². The Hall–Kier alpha value is -2.59. The van der Waals surface area contributed by atoms with Crippen LogP contribution < -0.4 is 0 Å². The molecule has 140 valence electrons. The molecule has 0 bridgehead atoms. The van der Waals surface area contributed by atoms with E-state index in [2.05, 4.69) is 54.9 Å². The first-order chi connectivity index (χ1) is 13.1. The van der Waals surface area contributed by atoms with E-state index < -0.39 is 0 Å². The lowest BCUT2D eigenvalue weighted by molar-refractivity contribution is -0.138. The zero-order valence-electron chi connectivity index (χ0n) is 16.0. The van der Waals surface area contributed by atoms with E-state index in [0.717, 1.165) is 11.1 Å². The van der Waals surface area contributed by atoms with Crippen molar-refractivity contribution in [2.45, 2.75) is 32.4 Å². The van der Waals surface area contributed by atoms with Crippen LogP contribution in [0.1, 0.15) is 37.1 Å². The van der Waals surface area contributed by atoms with Gasteiger partial charge < -0.3 is 14.2 Å². The Bertz CT molecular complexity index is 930. The van der Waals surface area contributed by atoms with Crippen molar-refractivity contribution in [3.63, 3.8) is 0 Å². The normalized spacial score (nSPS) is 17.6. The maximum absolute atomic E-state index is 13.0. The van der Waals surface area contributed by atoms with Crippen LogP contribution in [0.2, 0.25) is 0 Å². The molecule has 0 aliphatic carbocycles. The molecule has 1 atom stereocenters. The fourth-order valence-corrected chi connectivity index (χ4v) is 3.87. The molecule has 1 aliphatic rings. The summed E-state index contributed by atoms with van der Waals surface area (Å²) in [6.07, 6.45) is 2.53. The number of carbonyl (C=O) groups excluding carboxylic acids is 1. The average molecular weight is 362 g/mol. The molecule has 1 aromatic heterocycles. The maximum atomic E-state index is 13.0. The minimum absolute atomic E-state index is 0.0408. The molecule has 3 aromatic rings. The molecule has 4 nitrogen and oxygen atoms in total. The minimum atomic E-state index is -0.0408. The number of para-hydroxylation sites is 1. The highest BCUT2D eigenvalue weighted by Crippen LogP contribution is 2.27.